The second-order valence-corrected chi connectivity index (χ2v) is 8.19. The van der Waals surface area contributed by atoms with Crippen LogP contribution in [-0.4, -0.2) is 21.1 Å². The van der Waals surface area contributed by atoms with E-state index in [0.29, 0.717) is 11.1 Å². The first-order valence-electron chi connectivity index (χ1n) is 9.07. The van der Waals surface area contributed by atoms with Crippen LogP contribution in [0, 0.1) is 0 Å². The lowest BCUT2D eigenvalue weighted by Crippen LogP contribution is -2.23. The van der Waals surface area contributed by atoms with Crippen molar-refractivity contribution in [1.29, 1.82) is 0 Å². The monoisotopic (exact) mass is 419 g/mol. The van der Waals surface area contributed by atoms with Crippen LogP contribution in [0.5, 0.6) is 0 Å². The highest BCUT2D eigenvalue weighted by Crippen LogP contribution is 2.34. The van der Waals surface area contributed by atoms with Gasteiger partial charge in [0.15, 0.2) is 0 Å². The summed E-state index contributed by atoms with van der Waals surface area (Å²) in [6.07, 6.45) is -4.67. The maximum absolute atomic E-state index is 13.2. The molecular weight excluding hydrogens is 399 g/mol. The number of amides is 1. The molecule has 0 aliphatic carbocycles. The van der Waals surface area contributed by atoms with Crippen LogP contribution in [0.2, 0.25) is 0 Å². The van der Waals surface area contributed by atoms with Gasteiger partial charge in [0.05, 0.1) is 10.8 Å². The van der Waals surface area contributed by atoms with Crippen LogP contribution in [-0.2, 0) is 11.0 Å². The van der Waals surface area contributed by atoms with Crippen molar-refractivity contribution in [3.8, 4) is 0 Å². The summed E-state index contributed by atoms with van der Waals surface area (Å²) in [6.45, 7) is 5.69. The first-order chi connectivity index (χ1) is 13.7. The molecule has 152 valence electrons. The van der Waals surface area contributed by atoms with Gasteiger partial charge in [0, 0.05) is 11.1 Å². The van der Waals surface area contributed by atoms with Gasteiger partial charge in [-0.05, 0) is 30.5 Å². The zero-order valence-electron chi connectivity index (χ0n) is 16.1. The Kier molecular flexibility index (Phi) is 6.12. The van der Waals surface area contributed by atoms with E-state index in [2.05, 4.69) is 15.3 Å². The quantitative estimate of drug-likeness (QED) is 0.414. The Morgan fingerprint density at radius 2 is 1.66 bits per heavy atom. The lowest BCUT2D eigenvalue weighted by molar-refractivity contribution is -0.145. The Morgan fingerprint density at radius 3 is 2.34 bits per heavy atom. The average Bonchev–Trinajstić information content (AvgIpc) is 2.67. The van der Waals surface area contributed by atoms with E-state index in [0.717, 1.165) is 17.3 Å². The predicted molar refractivity (Wildman–Crippen MR) is 109 cm³/mol. The molecule has 1 atom stereocenters. The molecule has 0 saturated carbocycles. The van der Waals surface area contributed by atoms with Crippen LogP contribution < -0.4 is 5.32 Å². The molecule has 1 aromatic heterocycles. The number of carbonyl (C=O) groups excluding carboxylic acids is 1. The van der Waals surface area contributed by atoms with Gasteiger partial charge in [-0.15, -0.1) is 0 Å². The van der Waals surface area contributed by atoms with E-state index >= 15 is 0 Å². The minimum absolute atomic E-state index is 0.128. The molecule has 1 N–H and O–H groups in total. The molecule has 1 unspecified atom stereocenters. The third-order valence-electron chi connectivity index (χ3n) is 4.32. The maximum Gasteiger partial charge on any atom is 0.451 e. The number of halogens is 3. The van der Waals surface area contributed by atoms with Crippen LogP contribution >= 0.6 is 11.8 Å². The molecule has 0 radical (unpaired) electrons. The number of aromatic nitrogens is 2. The van der Waals surface area contributed by atoms with Gasteiger partial charge in [-0.1, -0.05) is 62.0 Å². The molecule has 4 nitrogen and oxygen atoms in total. The van der Waals surface area contributed by atoms with Gasteiger partial charge in [-0.25, -0.2) is 9.97 Å². The topological polar surface area (TPSA) is 54.9 Å². The van der Waals surface area contributed by atoms with Crippen LogP contribution in [0.1, 0.15) is 38.1 Å². The number of hydrogen-bond acceptors (Lipinski definition) is 4. The van der Waals surface area contributed by atoms with Gasteiger partial charge in [0.1, 0.15) is 5.03 Å². The summed E-state index contributed by atoms with van der Waals surface area (Å²) in [5.74, 6) is -1.30. The van der Waals surface area contributed by atoms with Crippen LogP contribution in [0.4, 0.5) is 18.9 Å². The molecule has 0 aliphatic rings. The minimum atomic E-state index is -4.67. The highest BCUT2D eigenvalue weighted by Gasteiger charge is 2.36. The lowest BCUT2D eigenvalue weighted by Gasteiger charge is -2.17. The van der Waals surface area contributed by atoms with Crippen molar-refractivity contribution in [2.24, 2.45) is 0 Å². The number of hydrogen-bond donors (Lipinski definition) is 1. The van der Waals surface area contributed by atoms with Crippen LogP contribution in [0.15, 0.2) is 53.6 Å². The largest absolute Gasteiger partial charge is 0.451 e. The molecule has 1 heterocycles. The first-order valence-corrected chi connectivity index (χ1v) is 9.95. The van der Waals surface area contributed by atoms with E-state index in [4.69, 9.17) is 0 Å². The number of alkyl halides is 3. The van der Waals surface area contributed by atoms with Crippen molar-refractivity contribution in [2.75, 3.05) is 5.32 Å². The summed E-state index contributed by atoms with van der Waals surface area (Å²) < 4.78 is 39.6. The fraction of sp³-hybridized carbons (Fsp3) is 0.286. The average molecular weight is 419 g/mol. The standard InChI is InChI=1S/C21H20F3N3OS/c1-12(2)14-8-4-6-10-16(14)25-18(28)13(3)29-19-15-9-5-7-11-17(15)26-20(27-19)21(22,23)24/h4-13H,1-3H3,(H,25,28). The number of anilines is 1. The van der Waals surface area contributed by atoms with Gasteiger partial charge >= 0.3 is 6.18 Å². The van der Waals surface area contributed by atoms with E-state index in [1.54, 1.807) is 25.1 Å². The number of thioether (sulfide) groups is 1. The molecule has 8 heteroatoms. The predicted octanol–water partition coefficient (Wildman–Crippen LogP) is 5.89. The second-order valence-electron chi connectivity index (χ2n) is 6.86. The number of benzene rings is 2. The highest BCUT2D eigenvalue weighted by atomic mass is 32.2. The van der Waals surface area contributed by atoms with E-state index in [-0.39, 0.29) is 22.4 Å². The molecule has 0 saturated heterocycles. The van der Waals surface area contributed by atoms with Gasteiger partial charge in [0.2, 0.25) is 11.7 Å². The summed E-state index contributed by atoms with van der Waals surface area (Å²) in [5, 5.41) is 2.83. The number of nitrogens with one attached hydrogen (secondary N) is 1. The molecule has 3 rings (SSSR count). The first kappa shape index (κ1) is 21.1. The van der Waals surface area contributed by atoms with Crippen molar-refractivity contribution in [3.63, 3.8) is 0 Å². The second kappa shape index (κ2) is 8.41. The maximum atomic E-state index is 13.2. The van der Waals surface area contributed by atoms with Crippen molar-refractivity contribution >= 4 is 34.3 Å². The van der Waals surface area contributed by atoms with E-state index in [9.17, 15) is 18.0 Å². The summed E-state index contributed by atoms with van der Waals surface area (Å²) in [4.78, 5) is 20.0. The number of rotatable bonds is 5. The number of fused-ring (bicyclic) bond motifs is 1. The Hall–Kier alpha value is -2.61. The molecule has 3 aromatic rings. The smallest absolute Gasteiger partial charge is 0.325 e. The normalized spacial score (nSPS) is 12.9. The summed E-state index contributed by atoms with van der Waals surface area (Å²) in [5.41, 5.74) is 1.88. The van der Waals surface area contributed by atoms with Gasteiger partial charge in [0.25, 0.3) is 0 Å². The molecule has 2 aromatic carbocycles. The fourth-order valence-corrected chi connectivity index (χ4v) is 3.77. The Bertz CT molecular complexity index is 1040. The molecular formula is C21H20F3N3OS. The third kappa shape index (κ3) is 4.87. The van der Waals surface area contributed by atoms with Gasteiger partial charge in [-0.2, -0.15) is 13.2 Å². The molecule has 0 spiro atoms. The van der Waals surface area contributed by atoms with Crippen molar-refractivity contribution in [2.45, 2.75) is 43.1 Å². The molecule has 1 amide bonds. The zero-order chi connectivity index (χ0) is 21.2. The van der Waals surface area contributed by atoms with Crippen molar-refractivity contribution in [1.82, 2.24) is 9.97 Å². The van der Waals surface area contributed by atoms with Crippen molar-refractivity contribution in [3.05, 3.63) is 59.9 Å². The van der Waals surface area contributed by atoms with Crippen LogP contribution in [0.25, 0.3) is 10.9 Å². The Labute approximate surface area is 170 Å². The summed E-state index contributed by atoms with van der Waals surface area (Å²) in [7, 11) is 0. The molecule has 29 heavy (non-hydrogen) atoms. The zero-order valence-corrected chi connectivity index (χ0v) is 16.9. The van der Waals surface area contributed by atoms with E-state index in [1.807, 2.05) is 38.1 Å². The van der Waals surface area contributed by atoms with Crippen LogP contribution in [0.3, 0.4) is 0 Å². The number of para-hydroxylation sites is 2. The minimum Gasteiger partial charge on any atom is -0.325 e. The van der Waals surface area contributed by atoms with E-state index < -0.39 is 17.3 Å². The SMILES string of the molecule is CC(Sc1nc(C(F)(F)F)nc2ccccc12)C(=O)Nc1ccccc1C(C)C. The van der Waals surface area contributed by atoms with Crippen molar-refractivity contribution < 1.29 is 18.0 Å². The number of carbonyl (C=O) groups is 1. The number of nitrogens with zero attached hydrogens (tertiary/aromatic N) is 2. The Balaban J connectivity index is 1.88. The molecule has 0 fully saturated rings. The van der Waals surface area contributed by atoms with Gasteiger partial charge in [-0.3, -0.25) is 4.79 Å². The molecule has 0 bridgehead atoms. The molecule has 0 aliphatic heterocycles. The summed E-state index contributed by atoms with van der Waals surface area (Å²) >= 11 is 0.982. The highest BCUT2D eigenvalue weighted by molar-refractivity contribution is 8.00. The summed E-state index contributed by atoms with van der Waals surface area (Å²) in [6, 6.07) is 13.9. The fourth-order valence-electron chi connectivity index (χ4n) is 2.83. The lowest BCUT2D eigenvalue weighted by atomic mass is 10.0. The third-order valence-corrected chi connectivity index (χ3v) is 5.42. The Morgan fingerprint density at radius 1 is 1.00 bits per heavy atom. The van der Waals surface area contributed by atoms with Gasteiger partial charge < -0.3 is 5.32 Å². The van der Waals surface area contributed by atoms with E-state index in [1.165, 1.54) is 6.07 Å².